The second-order valence-electron chi connectivity index (χ2n) is 4.67. The molecular formula is C15H15FN4O. The molecule has 0 fully saturated rings. The van der Waals surface area contributed by atoms with Crippen molar-refractivity contribution in [1.82, 2.24) is 19.9 Å². The van der Waals surface area contributed by atoms with Crippen LogP contribution in [0.2, 0.25) is 0 Å². The molecule has 5 nitrogen and oxygen atoms in total. The Labute approximate surface area is 121 Å². The van der Waals surface area contributed by atoms with Crippen molar-refractivity contribution in [3.8, 4) is 17.0 Å². The minimum absolute atomic E-state index is 0.333. The van der Waals surface area contributed by atoms with Crippen LogP contribution in [0.4, 0.5) is 4.39 Å². The quantitative estimate of drug-likeness (QED) is 0.731. The molecule has 0 spiro atoms. The number of fused-ring (bicyclic) bond motifs is 1. The average molecular weight is 286 g/mol. The zero-order valence-electron chi connectivity index (χ0n) is 11.6. The van der Waals surface area contributed by atoms with Gasteiger partial charge in [-0.15, -0.1) is 0 Å². The lowest BCUT2D eigenvalue weighted by atomic mass is 10.1. The number of nitrogens with one attached hydrogen (secondary N) is 1. The van der Waals surface area contributed by atoms with E-state index in [1.807, 2.05) is 0 Å². The predicted molar refractivity (Wildman–Crippen MR) is 77.5 cm³/mol. The molecular weight excluding hydrogens is 271 g/mol. The Morgan fingerprint density at radius 1 is 1.24 bits per heavy atom. The minimum Gasteiger partial charge on any atom is -0.493 e. The number of imidazole rings is 1. The Hall–Kier alpha value is -2.50. The van der Waals surface area contributed by atoms with Crippen molar-refractivity contribution in [3.63, 3.8) is 0 Å². The van der Waals surface area contributed by atoms with E-state index < -0.39 is 0 Å². The molecule has 0 radical (unpaired) electrons. The van der Waals surface area contributed by atoms with Gasteiger partial charge in [0.1, 0.15) is 29.1 Å². The van der Waals surface area contributed by atoms with Gasteiger partial charge in [0.15, 0.2) is 5.65 Å². The van der Waals surface area contributed by atoms with Crippen molar-refractivity contribution < 1.29 is 9.13 Å². The summed E-state index contributed by atoms with van der Waals surface area (Å²) < 4.78 is 19.2. The Balaban J connectivity index is 2.06. The van der Waals surface area contributed by atoms with E-state index in [2.05, 4.69) is 26.9 Å². The van der Waals surface area contributed by atoms with Crippen LogP contribution in [0.25, 0.3) is 22.4 Å². The number of ether oxygens (including phenoxy) is 1. The zero-order chi connectivity index (χ0) is 14.7. The number of nitrogens with zero attached hydrogens (tertiary/aromatic N) is 3. The fourth-order valence-electron chi connectivity index (χ4n) is 2.11. The summed E-state index contributed by atoms with van der Waals surface area (Å²) in [6.07, 6.45) is 4.93. The lowest BCUT2D eigenvalue weighted by molar-refractivity contribution is 0.309. The van der Waals surface area contributed by atoms with Crippen LogP contribution >= 0.6 is 0 Å². The van der Waals surface area contributed by atoms with Crippen LogP contribution < -0.4 is 4.74 Å². The molecule has 0 aliphatic carbocycles. The van der Waals surface area contributed by atoms with E-state index in [9.17, 15) is 4.39 Å². The number of unbranched alkanes of at least 4 members (excludes halogenated alkanes) is 1. The molecule has 1 aromatic carbocycles. The van der Waals surface area contributed by atoms with E-state index in [4.69, 9.17) is 4.74 Å². The first-order chi connectivity index (χ1) is 10.3. The predicted octanol–water partition coefficient (Wildman–Crippen LogP) is 3.34. The number of aromatic amines is 1. The maximum atomic E-state index is 13.5. The van der Waals surface area contributed by atoms with Crippen molar-refractivity contribution in [2.75, 3.05) is 6.61 Å². The van der Waals surface area contributed by atoms with E-state index in [1.165, 1.54) is 18.5 Å². The number of halogens is 1. The molecule has 2 heterocycles. The first-order valence-corrected chi connectivity index (χ1v) is 6.86. The van der Waals surface area contributed by atoms with Crippen LogP contribution in [-0.4, -0.2) is 26.5 Å². The first-order valence-electron chi connectivity index (χ1n) is 6.86. The summed E-state index contributed by atoms with van der Waals surface area (Å²) >= 11 is 0. The summed E-state index contributed by atoms with van der Waals surface area (Å²) in [5, 5.41) is 0. The van der Waals surface area contributed by atoms with Crippen LogP contribution in [0, 0.1) is 5.82 Å². The normalized spacial score (nSPS) is 11.0. The Morgan fingerprint density at radius 3 is 3.00 bits per heavy atom. The van der Waals surface area contributed by atoms with Crippen molar-refractivity contribution in [2.24, 2.45) is 0 Å². The molecule has 3 rings (SSSR count). The molecule has 0 saturated carbocycles. The van der Waals surface area contributed by atoms with Gasteiger partial charge >= 0.3 is 0 Å². The second kappa shape index (κ2) is 5.87. The van der Waals surface area contributed by atoms with E-state index in [-0.39, 0.29) is 5.82 Å². The topological polar surface area (TPSA) is 63.7 Å². The number of rotatable bonds is 5. The summed E-state index contributed by atoms with van der Waals surface area (Å²) in [6, 6.07) is 4.45. The van der Waals surface area contributed by atoms with Gasteiger partial charge in [-0.2, -0.15) is 0 Å². The molecule has 1 N–H and O–H groups in total. The fraction of sp³-hybridized carbons (Fsp3) is 0.267. The SMILES string of the molecule is CCCCOc1cc(F)ccc1-c1ncnc2nc[nH]c12. The van der Waals surface area contributed by atoms with E-state index in [0.717, 1.165) is 18.4 Å². The molecule has 108 valence electrons. The average Bonchev–Trinajstić information content (AvgIpc) is 2.96. The molecule has 0 unspecified atom stereocenters. The molecule has 0 saturated heterocycles. The second-order valence-corrected chi connectivity index (χ2v) is 4.67. The van der Waals surface area contributed by atoms with Crippen molar-refractivity contribution in [1.29, 1.82) is 0 Å². The molecule has 0 atom stereocenters. The number of benzene rings is 1. The standard InChI is InChI=1S/C15H15FN4O/c1-2-3-6-21-12-7-10(16)4-5-11(12)13-14-15(19-8-17-13)20-9-18-14/h4-5,7-9H,2-3,6H2,1H3,(H,17,18,19,20). The fourth-order valence-corrected chi connectivity index (χ4v) is 2.11. The number of H-pyrrole nitrogens is 1. The Morgan fingerprint density at radius 2 is 2.14 bits per heavy atom. The lowest BCUT2D eigenvalue weighted by Gasteiger charge is -2.11. The highest BCUT2D eigenvalue weighted by Crippen LogP contribution is 2.32. The third-order valence-electron chi connectivity index (χ3n) is 3.18. The van der Waals surface area contributed by atoms with Crippen LogP contribution in [0.5, 0.6) is 5.75 Å². The van der Waals surface area contributed by atoms with E-state index in [1.54, 1.807) is 12.4 Å². The van der Waals surface area contributed by atoms with Gasteiger partial charge in [-0.1, -0.05) is 13.3 Å². The van der Waals surface area contributed by atoms with Gasteiger partial charge in [-0.05, 0) is 18.6 Å². The largest absolute Gasteiger partial charge is 0.493 e. The third-order valence-corrected chi connectivity index (χ3v) is 3.18. The summed E-state index contributed by atoms with van der Waals surface area (Å²) in [6.45, 7) is 2.62. The monoisotopic (exact) mass is 286 g/mol. The highest BCUT2D eigenvalue weighted by Gasteiger charge is 2.14. The molecule has 6 heteroatoms. The lowest BCUT2D eigenvalue weighted by Crippen LogP contribution is -2.00. The van der Waals surface area contributed by atoms with Crippen LogP contribution in [0.3, 0.4) is 0 Å². The summed E-state index contributed by atoms with van der Waals surface area (Å²) in [5.41, 5.74) is 2.67. The smallest absolute Gasteiger partial charge is 0.181 e. The van der Waals surface area contributed by atoms with Gasteiger partial charge in [-0.25, -0.2) is 19.3 Å². The zero-order valence-corrected chi connectivity index (χ0v) is 11.6. The van der Waals surface area contributed by atoms with Gasteiger partial charge < -0.3 is 9.72 Å². The van der Waals surface area contributed by atoms with Gasteiger partial charge in [0, 0.05) is 11.6 Å². The maximum Gasteiger partial charge on any atom is 0.181 e. The van der Waals surface area contributed by atoms with Crippen molar-refractivity contribution >= 4 is 11.2 Å². The molecule has 0 bridgehead atoms. The molecule has 21 heavy (non-hydrogen) atoms. The molecule has 0 amide bonds. The van der Waals surface area contributed by atoms with Gasteiger partial charge in [-0.3, -0.25) is 0 Å². The number of aromatic nitrogens is 4. The molecule has 2 aromatic heterocycles. The van der Waals surface area contributed by atoms with Gasteiger partial charge in [0.25, 0.3) is 0 Å². The van der Waals surface area contributed by atoms with Crippen molar-refractivity contribution in [2.45, 2.75) is 19.8 Å². The number of hydrogen-bond acceptors (Lipinski definition) is 4. The van der Waals surface area contributed by atoms with Crippen LogP contribution in [-0.2, 0) is 0 Å². The van der Waals surface area contributed by atoms with E-state index in [0.29, 0.717) is 29.2 Å². The number of hydrogen-bond donors (Lipinski definition) is 1. The van der Waals surface area contributed by atoms with Crippen molar-refractivity contribution in [3.05, 3.63) is 36.7 Å². The summed E-state index contributed by atoms with van der Waals surface area (Å²) in [7, 11) is 0. The van der Waals surface area contributed by atoms with Gasteiger partial charge in [0.2, 0.25) is 0 Å². The van der Waals surface area contributed by atoms with Crippen LogP contribution in [0.1, 0.15) is 19.8 Å². The summed E-state index contributed by atoms with van der Waals surface area (Å²) in [5.74, 6) is 0.151. The maximum absolute atomic E-state index is 13.5. The summed E-state index contributed by atoms with van der Waals surface area (Å²) in [4.78, 5) is 15.5. The first kappa shape index (κ1) is 13.5. The Kier molecular flexibility index (Phi) is 3.77. The minimum atomic E-state index is -0.333. The van der Waals surface area contributed by atoms with Gasteiger partial charge in [0.05, 0.1) is 12.9 Å². The highest BCUT2D eigenvalue weighted by molar-refractivity contribution is 5.88. The van der Waals surface area contributed by atoms with Crippen LogP contribution in [0.15, 0.2) is 30.9 Å². The van der Waals surface area contributed by atoms with E-state index >= 15 is 0 Å². The molecule has 0 aliphatic heterocycles. The Bertz CT molecular complexity index is 756. The molecule has 0 aliphatic rings. The molecule has 3 aromatic rings. The highest BCUT2D eigenvalue weighted by atomic mass is 19.1. The third kappa shape index (κ3) is 2.69.